The number of halogens is 2. The van der Waals surface area contributed by atoms with Gasteiger partial charge < -0.3 is 3.53 Å². The normalized spacial score (nSPS) is 9.50. The summed E-state index contributed by atoms with van der Waals surface area (Å²) in [5, 5.41) is 0. The minimum Gasteiger partial charge on any atom is -0.328 e. The van der Waals surface area contributed by atoms with Gasteiger partial charge in [0.05, 0.1) is 22.9 Å². The van der Waals surface area contributed by atoms with Gasteiger partial charge in [-0.2, -0.15) is 0 Å². The molecule has 0 unspecified atom stereocenters. The third-order valence-corrected chi connectivity index (χ3v) is 1.90. The summed E-state index contributed by atoms with van der Waals surface area (Å²) >= 11 is 1.97. The van der Waals surface area contributed by atoms with E-state index < -0.39 is 0 Å². The predicted molar refractivity (Wildman–Crippen MR) is 48.8 cm³/mol. The van der Waals surface area contributed by atoms with Crippen molar-refractivity contribution in [2.45, 2.75) is 6.92 Å². The highest BCUT2D eigenvalue weighted by molar-refractivity contribution is 14.1. The van der Waals surface area contributed by atoms with Crippen molar-refractivity contribution in [3.63, 3.8) is 0 Å². The zero-order chi connectivity index (χ0) is 7.56. The van der Waals surface area contributed by atoms with Gasteiger partial charge in [-0.25, -0.2) is 4.39 Å². The number of rotatable bonds is 1. The highest BCUT2D eigenvalue weighted by atomic mass is 127. The van der Waals surface area contributed by atoms with E-state index in [0.29, 0.717) is 5.56 Å². The summed E-state index contributed by atoms with van der Waals surface area (Å²) in [6, 6.07) is 5.06. The molecule has 1 nitrogen and oxygen atoms in total. The highest BCUT2D eigenvalue weighted by Gasteiger charge is 1.96. The average molecular weight is 251 g/mol. The van der Waals surface area contributed by atoms with Crippen LogP contribution >= 0.6 is 22.9 Å². The molecule has 0 heterocycles. The van der Waals surface area contributed by atoms with E-state index in [1.807, 2.05) is 28.9 Å². The molecule has 0 aliphatic carbocycles. The molecule has 1 rings (SSSR count). The van der Waals surface area contributed by atoms with Gasteiger partial charge in [0.25, 0.3) is 0 Å². The summed E-state index contributed by atoms with van der Waals surface area (Å²) < 4.78 is 15.5. The second-order valence-corrected chi connectivity index (χ2v) is 2.60. The summed E-state index contributed by atoms with van der Waals surface area (Å²) in [5.41, 5.74) is 1.47. The van der Waals surface area contributed by atoms with Crippen LogP contribution in [0, 0.1) is 12.7 Å². The number of hydrogen-bond acceptors (Lipinski definition) is 1. The van der Waals surface area contributed by atoms with E-state index in [4.69, 9.17) is 0 Å². The molecule has 3 heteroatoms. The van der Waals surface area contributed by atoms with E-state index in [-0.39, 0.29) is 5.82 Å². The number of aryl methyl sites for hydroxylation is 1. The van der Waals surface area contributed by atoms with Gasteiger partial charge in [0, 0.05) is 5.69 Å². The molecule has 0 saturated carbocycles. The molecular formula is C7H7FIN. The van der Waals surface area contributed by atoms with Crippen LogP contribution in [0.15, 0.2) is 18.2 Å². The molecule has 0 aliphatic rings. The Morgan fingerprint density at radius 1 is 1.50 bits per heavy atom. The lowest BCUT2D eigenvalue weighted by molar-refractivity contribution is 0.619. The van der Waals surface area contributed by atoms with Gasteiger partial charge in [-0.3, -0.25) is 0 Å². The summed E-state index contributed by atoms with van der Waals surface area (Å²) in [5.74, 6) is -0.165. The molecule has 0 aromatic heterocycles. The fourth-order valence-corrected chi connectivity index (χ4v) is 0.987. The molecule has 0 spiro atoms. The van der Waals surface area contributed by atoms with E-state index in [2.05, 4.69) is 3.53 Å². The van der Waals surface area contributed by atoms with E-state index >= 15 is 0 Å². The molecule has 0 fully saturated rings. The van der Waals surface area contributed by atoms with Gasteiger partial charge in [0.1, 0.15) is 5.82 Å². The zero-order valence-corrected chi connectivity index (χ0v) is 7.65. The topological polar surface area (TPSA) is 12.0 Å². The molecule has 0 atom stereocenters. The van der Waals surface area contributed by atoms with E-state index in [1.54, 1.807) is 13.0 Å². The fraction of sp³-hybridized carbons (Fsp3) is 0.143. The Morgan fingerprint density at radius 2 is 2.20 bits per heavy atom. The van der Waals surface area contributed by atoms with Crippen molar-refractivity contribution in [1.82, 2.24) is 0 Å². The Labute approximate surface area is 73.1 Å². The lowest BCUT2D eigenvalue weighted by Crippen LogP contribution is -1.84. The van der Waals surface area contributed by atoms with Crippen molar-refractivity contribution < 1.29 is 4.39 Å². The van der Waals surface area contributed by atoms with Crippen LogP contribution in [0.25, 0.3) is 0 Å². The average Bonchev–Trinajstić information content (AvgIpc) is 1.95. The summed E-state index contributed by atoms with van der Waals surface area (Å²) in [7, 11) is 0. The fourth-order valence-electron chi connectivity index (χ4n) is 0.652. The standard InChI is InChI=1S/C7H7FIN/c1-5-2-3-6(10-9)4-7(5)8/h2-4,10H,1H3. The quantitative estimate of drug-likeness (QED) is 0.597. The van der Waals surface area contributed by atoms with Gasteiger partial charge >= 0.3 is 0 Å². The lowest BCUT2D eigenvalue weighted by Gasteiger charge is -1.98. The minimum atomic E-state index is -0.165. The van der Waals surface area contributed by atoms with Gasteiger partial charge in [-0.1, -0.05) is 6.07 Å². The van der Waals surface area contributed by atoms with E-state index in [1.165, 1.54) is 6.07 Å². The predicted octanol–water partition coefficient (Wildman–Crippen LogP) is 2.90. The molecule has 1 aromatic rings. The van der Waals surface area contributed by atoms with Crippen molar-refractivity contribution in [2.24, 2.45) is 0 Å². The van der Waals surface area contributed by atoms with Crippen molar-refractivity contribution in [3.8, 4) is 0 Å². The first kappa shape index (κ1) is 7.78. The number of hydrogen-bond donors (Lipinski definition) is 1. The lowest BCUT2D eigenvalue weighted by atomic mass is 10.2. The second-order valence-electron chi connectivity index (χ2n) is 2.06. The Balaban J connectivity index is 3.04. The molecule has 0 saturated heterocycles. The van der Waals surface area contributed by atoms with Crippen LogP contribution in [0.3, 0.4) is 0 Å². The molecule has 1 aromatic carbocycles. The van der Waals surface area contributed by atoms with Crippen LogP contribution < -0.4 is 3.53 Å². The molecular weight excluding hydrogens is 244 g/mol. The van der Waals surface area contributed by atoms with Crippen molar-refractivity contribution in [3.05, 3.63) is 29.6 Å². The summed E-state index contributed by atoms with van der Waals surface area (Å²) in [6.45, 7) is 1.74. The molecule has 0 radical (unpaired) electrons. The van der Waals surface area contributed by atoms with E-state index in [9.17, 15) is 4.39 Å². The third kappa shape index (κ3) is 1.59. The Morgan fingerprint density at radius 3 is 2.70 bits per heavy atom. The monoisotopic (exact) mass is 251 g/mol. The van der Waals surface area contributed by atoms with E-state index in [0.717, 1.165) is 5.69 Å². The molecule has 0 bridgehead atoms. The van der Waals surface area contributed by atoms with Crippen LogP contribution in [-0.2, 0) is 0 Å². The Kier molecular flexibility index (Phi) is 2.48. The number of anilines is 1. The first-order chi connectivity index (χ1) is 4.74. The van der Waals surface area contributed by atoms with Gasteiger partial charge in [0.2, 0.25) is 0 Å². The molecule has 54 valence electrons. The van der Waals surface area contributed by atoms with Crippen molar-refractivity contribution in [1.29, 1.82) is 0 Å². The number of benzene rings is 1. The molecule has 10 heavy (non-hydrogen) atoms. The summed E-state index contributed by atoms with van der Waals surface area (Å²) in [6.07, 6.45) is 0. The smallest absolute Gasteiger partial charge is 0.128 e. The SMILES string of the molecule is Cc1ccc(NI)cc1F. The zero-order valence-electron chi connectivity index (χ0n) is 5.49. The largest absolute Gasteiger partial charge is 0.328 e. The molecule has 0 aliphatic heterocycles. The maximum absolute atomic E-state index is 12.7. The van der Waals surface area contributed by atoms with Gasteiger partial charge in [-0.05, 0) is 24.6 Å². The van der Waals surface area contributed by atoms with Crippen LogP contribution in [-0.4, -0.2) is 0 Å². The molecule has 1 N–H and O–H groups in total. The first-order valence-corrected chi connectivity index (χ1v) is 3.94. The van der Waals surface area contributed by atoms with Gasteiger partial charge in [-0.15, -0.1) is 0 Å². The highest BCUT2D eigenvalue weighted by Crippen LogP contribution is 2.14. The number of nitrogens with one attached hydrogen (secondary N) is 1. The Bertz CT molecular complexity index is 237. The Hall–Kier alpha value is -0.320. The second kappa shape index (κ2) is 3.18. The van der Waals surface area contributed by atoms with Crippen LogP contribution in [0.4, 0.5) is 10.1 Å². The van der Waals surface area contributed by atoms with Crippen LogP contribution in [0.1, 0.15) is 5.56 Å². The first-order valence-electron chi connectivity index (χ1n) is 2.87. The van der Waals surface area contributed by atoms with Crippen molar-refractivity contribution in [2.75, 3.05) is 3.53 Å². The van der Waals surface area contributed by atoms with Gasteiger partial charge in [0.15, 0.2) is 0 Å². The maximum atomic E-state index is 12.7. The maximum Gasteiger partial charge on any atom is 0.128 e. The third-order valence-electron chi connectivity index (χ3n) is 1.28. The van der Waals surface area contributed by atoms with Crippen LogP contribution in [0.2, 0.25) is 0 Å². The van der Waals surface area contributed by atoms with Crippen LogP contribution in [0.5, 0.6) is 0 Å². The minimum absolute atomic E-state index is 0.165. The summed E-state index contributed by atoms with van der Waals surface area (Å²) in [4.78, 5) is 0. The molecule has 0 amide bonds. The van der Waals surface area contributed by atoms with Crippen molar-refractivity contribution >= 4 is 28.6 Å².